The maximum atomic E-state index is 3.49. The maximum Gasteiger partial charge on any atom is 0 e. The Kier molecular flexibility index (Phi) is 177. The molecular weight excluding hydrogens is 328 g/mol. The van der Waals surface area contributed by atoms with Gasteiger partial charge in [0, 0.05) is 21.1 Å². The Morgan fingerprint density at radius 1 is 0.538 bits per heavy atom. The molecule has 0 aliphatic rings. The van der Waals surface area contributed by atoms with Gasteiger partial charge in [-0.2, -0.15) is 25.7 Å². The Labute approximate surface area is 102 Å². The Morgan fingerprint density at radius 2 is 0.538 bits per heavy atom. The summed E-state index contributed by atoms with van der Waals surface area (Å²) >= 11 is 0. The summed E-state index contributed by atoms with van der Waals surface area (Å²) in [7, 11) is 0. The van der Waals surface area contributed by atoms with E-state index in [1.54, 1.807) is 0 Å². The summed E-state index contributed by atoms with van der Waals surface area (Å²) < 4.78 is 0. The van der Waals surface area contributed by atoms with Gasteiger partial charge in [-0.15, -0.1) is 0 Å². The van der Waals surface area contributed by atoms with Crippen LogP contribution < -0.4 is 0 Å². The number of hydrogen-bond acceptors (Lipinski definition) is 0. The molecule has 0 amide bonds. The second kappa shape index (κ2) is 78.9. The molecule has 0 aromatic heterocycles. The predicted octanol–water partition coefficient (Wildman–Crippen LogP) is 4.92. The van der Waals surface area contributed by atoms with Crippen LogP contribution in [0, 0.1) is 27.7 Å². The quantitative estimate of drug-likeness (QED) is 0.541. The zero-order valence-corrected chi connectivity index (χ0v) is 13.0. The second-order valence-corrected chi connectivity index (χ2v) is 2.00. The number of hydrogen-bond donors (Lipinski definition) is 0. The topological polar surface area (TPSA) is 0 Å². The SMILES string of the molecule is [CH2-]CC.[CH2-]CC.[CH2-]CC.[CH2-]CC.[W]. The van der Waals surface area contributed by atoms with Crippen LogP contribution in [-0.4, -0.2) is 0 Å². The molecule has 0 aromatic rings. The van der Waals surface area contributed by atoms with Gasteiger partial charge in [0.05, 0.1) is 0 Å². The molecule has 0 radical (unpaired) electrons. The smallest absolute Gasteiger partial charge is 0 e. The molecule has 0 saturated heterocycles. The van der Waals surface area contributed by atoms with Crippen LogP contribution in [-0.2, 0) is 21.1 Å². The van der Waals surface area contributed by atoms with Crippen molar-refractivity contribution in [1.82, 2.24) is 0 Å². The van der Waals surface area contributed by atoms with E-state index in [1.165, 1.54) is 0 Å². The van der Waals surface area contributed by atoms with Gasteiger partial charge in [0.1, 0.15) is 0 Å². The molecule has 86 valence electrons. The van der Waals surface area contributed by atoms with E-state index in [4.69, 9.17) is 0 Å². The van der Waals surface area contributed by atoms with E-state index >= 15 is 0 Å². The van der Waals surface area contributed by atoms with Gasteiger partial charge in [0.25, 0.3) is 0 Å². The summed E-state index contributed by atoms with van der Waals surface area (Å²) in [6.07, 6.45) is 4.00. The van der Waals surface area contributed by atoms with Gasteiger partial charge in [-0.25, -0.2) is 0 Å². The van der Waals surface area contributed by atoms with Gasteiger partial charge >= 0.3 is 0 Å². The van der Waals surface area contributed by atoms with Crippen LogP contribution in [0.25, 0.3) is 0 Å². The molecule has 0 bridgehead atoms. The summed E-state index contributed by atoms with van der Waals surface area (Å²) in [6.45, 7) is 22.0. The van der Waals surface area contributed by atoms with Crippen LogP contribution in [0.1, 0.15) is 53.4 Å². The van der Waals surface area contributed by atoms with Crippen LogP contribution >= 0.6 is 0 Å². The zero-order chi connectivity index (χ0) is 10.8. The van der Waals surface area contributed by atoms with Crippen molar-refractivity contribution in [3.05, 3.63) is 27.7 Å². The first-order valence-corrected chi connectivity index (χ1v) is 4.83. The molecule has 0 spiro atoms. The summed E-state index contributed by atoms with van der Waals surface area (Å²) in [5.41, 5.74) is 0. The van der Waals surface area contributed by atoms with Crippen LogP contribution in [0.2, 0.25) is 0 Å². The molecule has 0 nitrogen and oxygen atoms in total. The van der Waals surface area contributed by atoms with Gasteiger partial charge in [-0.1, -0.05) is 27.7 Å². The molecule has 0 heterocycles. The first-order chi connectivity index (χ1) is 5.66. The summed E-state index contributed by atoms with van der Waals surface area (Å²) in [6, 6.07) is 0. The average molecular weight is 356 g/mol. The fraction of sp³-hybridized carbons (Fsp3) is 0.667. The van der Waals surface area contributed by atoms with Crippen LogP contribution in [0.5, 0.6) is 0 Å². The van der Waals surface area contributed by atoms with Crippen molar-refractivity contribution in [2.24, 2.45) is 0 Å². The Morgan fingerprint density at radius 3 is 0.538 bits per heavy atom. The average Bonchev–Trinajstić information content (AvgIpc) is 1.92. The third-order valence-electron chi connectivity index (χ3n) is 0. The van der Waals surface area contributed by atoms with Crippen LogP contribution in [0.15, 0.2) is 0 Å². The summed E-state index contributed by atoms with van der Waals surface area (Å²) in [5.74, 6) is 0. The van der Waals surface area contributed by atoms with Crippen molar-refractivity contribution in [1.29, 1.82) is 0 Å². The van der Waals surface area contributed by atoms with Crippen molar-refractivity contribution in [3.8, 4) is 0 Å². The third kappa shape index (κ3) is 3060. The van der Waals surface area contributed by atoms with E-state index in [-0.39, 0.29) is 21.1 Å². The Hall–Kier alpha value is 0.688. The van der Waals surface area contributed by atoms with E-state index < -0.39 is 0 Å². The van der Waals surface area contributed by atoms with E-state index in [9.17, 15) is 0 Å². The molecule has 0 saturated carbocycles. The number of rotatable bonds is 0. The van der Waals surface area contributed by atoms with Crippen molar-refractivity contribution < 1.29 is 21.1 Å². The minimum Gasteiger partial charge on any atom is -0.344 e. The minimum atomic E-state index is 0. The van der Waals surface area contributed by atoms with E-state index in [0.717, 1.165) is 25.7 Å². The second-order valence-electron chi connectivity index (χ2n) is 2.00. The van der Waals surface area contributed by atoms with Gasteiger partial charge in [0.2, 0.25) is 0 Å². The molecule has 1 heteroatoms. The molecule has 0 aliphatic heterocycles. The maximum absolute atomic E-state index is 3.49. The fourth-order valence-corrected chi connectivity index (χ4v) is 0. The van der Waals surface area contributed by atoms with Crippen molar-refractivity contribution in [3.63, 3.8) is 0 Å². The van der Waals surface area contributed by atoms with E-state index in [0.29, 0.717) is 0 Å². The Balaban J connectivity index is -0.0000000213. The van der Waals surface area contributed by atoms with E-state index in [2.05, 4.69) is 27.7 Å². The molecule has 13 heavy (non-hydrogen) atoms. The molecule has 0 fully saturated rings. The Bertz CT molecular complexity index is 13.1. The molecule has 0 unspecified atom stereocenters. The fourth-order valence-electron chi connectivity index (χ4n) is 0. The van der Waals surface area contributed by atoms with Crippen molar-refractivity contribution >= 4 is 0 Å². The molecule has 0 aliphatic carbocycles. The first kappa shape index (κ1) is 29.2. The molecular formula is C12H28W-4. The van der Waals surface area contributed by atoms with Crippen molar-refractivity contribution in [2.75, 3.05) is 0 Å². The first-order valence-electron chi connectivity index (χ1n) is 4.83. The van der Waals surface area contributed by atoms with E-state index in [1.807, 2.05) is 27.7 Å². The predicted molar refractivity (Wildman–Crippen MR) is 62.6 cm³/mol. The third-order valence-corrected chi connectivity index (χ3v) is 0. The van der Waals surface area contributed by atoms with Gasteiger partial charge in [0.15, 0.2) is 0 Å². The molecule has 0 atom stereocenters. The standard InChI is InChI=1S/4C3H7.W/c4*1-3-2;/h4*1,3H2,2H3;/q4*-1;. The summed E-state index contributed by atoms with van der Waals surface area (Å²) in [5, 5.41) is 0. The molecule has 0 N–H and O–H groups in total. The van der Waals surface area contributed by atoms with Gasteiger partial charge in [-0.3, -0.25) is 0 Å². The summed E-state index contributed by atoms with van der Waals surface area (Å²) in [4.78, 5) is 0. The van der Waals surface area contributed by atoms with Crippen molar-refractivity contribution in [2.45, 2.75) is 53.4 Å². The normalized spacial score (nSPS) is 5.54. The molecule has 0 aromatic carbocycles. The largest absolute Gasteiger partial charge is 0.344 e. The molecule has 0 rings (SSSR count). The van der Waals surface area contributed by atoms with Gasteiger partial charge < -0.3 is 27.7 Å². The van der Waals surface area contributed by atoms with Crippen LogP contribution in [0.3, 0.4) is 0 Å². The minimum absolute atomic E-state index is 0. The zero-order valence-electron chi connectivity index (χ0n) is 10.1. The monoisotopic (exact) mass is 356 g/mol. The van der Waals surface area contributed by atoms with Crippen LogP contribution in [0.4, 0.5) is 0 Å². The van der Waals surface area contributed by atoms with Gasteiger partial charge in [-0.05, 0) is 0 Å².